The van der Waals surface area contributed by atoms with Crippen LogP contribution in [0.5, 0.6) is 5.75 Å². The van der Waals surface area contributed by atoms with E-state index >= 15 is 0 Å². The first-order chi connectivity index (χ1) is 7.15. The van der Waals surface area contributed by atoms with Crippen LogP contribution in [0.25, 0.3) is 5.65 Å². The van der Waals surface area contributed by atoms with Crippen molar-refractivity contribution in [2.45, 2.75) is 6.92 Å². The van der Waals surface area contributed by atoms with E-state index < -0.39 is 5.97 Å². The molecule has 6 heteroatoms. The number of carboxylic acid groups (broad SMARTS) is 1. The van der Waals surface area contributed by atoms with Crippen molar-refractivity contribution in [2.24, 2.45) is 0 Å². The Kier molecular flexibility index (Phi) is 2.03. The molecule has 1 N–H and O–H groups in total. The minimum Gasteiger partial charge on any atom is -0.492 e. The first kappa shape index (κ1) is 9.45. The van der Waals surface area contributed by atoms with Crippen molar-refractivity contribution in [3.63, 3.8) is 0 Å². The fraction of sp³-hybridized carbons (Fsp3) is 0.222. The van der Waals surface area contributed by atoms with Crippen molar-refractivity contribution in [2.75, 3.05) is 7.11 Å². The lowest BCUT2D eigenvalue weighted by molar-refractivity contribution is 0.0686. The highest BCUT2D eigenvalue weighted by molar-refractivity contribution is 5.89. The Bertz CT molecular complexity index is 533. The summed E-state index contributed by atoms with van der Waals surface area (Å²) < 4.78 is 6.54. The third-order valence-corrected chi connectivity index (χ3v) is 2.12. The topological polar surface area (TPSA) is 76.7 Å². The molecule has 0 aliphatic carbocycles. The summed E-state index contributed by atoms with van der Waals surface area (Å²) in [6.45, 7) is 1.73. The summed E-state index contributed by atoms with van der Waals surface area (Å²) in [7, 11) is 1.41. The monoisotopic (exact) mass is 207 g/mol. The van der Waals surface area contributed by atoms with Crippen molar-refractivity contribution >= 4 is 11.6 Å². The average Bonchev–Trinajstić information content (AvgIpc) is 2.65. The average molecular weight is 207 g/mol. The van der Waals surface area contributed by atoms with Crippen LogP contribution in [0, 0.1) is 6.92 Å². The maximum absolute atomic E-state index is 10.9. The zero-order chi connectivity index (χ0) is 11.0. The van der Waals surface area contributed by atoms with Crippen molar-refractivity contribution in [3.05, 3.63) is 23.7 Å². The summed E-state index contributed by atoms with van der Waals surface area (Å²) in [6, 6.07) is 1.64. The van der Waals surface area contributed by atoms with Crippen LogP contribution in [0.3, 0.4) is 0 Å². The molecule has 0 spiro atoms. The molecule has 0 atom stereocenters. The lowest BCUT2D eigenvalue weighted by Gasteiger charge is -2.08. The largest absolute Gasteiger partial charge is 0.492 e. The zero-order valence-corrected chi connectivity index (χ0v) is 8.26. The van der Waals surface area contributed by atoms with E-state index in [0.29, 0.717) is 11.3 Å². The van der Waals surface area contributed by atoms with Crippen molar-refractivity contribution in [3.8, 4) is 5.75 Å². The highest BCUT2D eigenvalue weighted by Gasteiger charge is 2.18. The molecule has 0 aliphatic rings. The van der Waals surface area contributed by atoms with Gasteiger partial charge < -0.3 is 9.84 Å². The molecule has 0 bridgehead atoms. The van der Waals surface area contributed by atoms with Crippen LogP contribution in [-0.2, 0) is 0 Å². The van der Waals surface area contributed by atoms with E-state index in [1.807, 2.05) is 0 Å². The predicted molar refractivity (Wildman–Crippen MR) is 51.2 cm³/mol. The summed E-state index contributed by atoms with van der Waals surface area (Å²) >= 11 is 0. The lowest BCUT2D eigenvalue weighted by Crippen LogP contribution is -2.09. The molecule has 2 aromatic rings. The Morgan fingerprint density at radius 2 is 2.33 bits per heavy atom. The number of nitrogens with zero attached hydrogens (tertiary/aromatic N) is 3. The minimum atomic E-state index is -1.11. The molecule has 78 valence electrons. The molecular weight excluding hydrogens is 198 g/mol. The van der Waals surface area contributed by atoms with Gasteiger partial charge in [0.1, 0.15) is 0 Å². The Balaban J connectivity index is 2.84. The number of aryl methyl sites for hydroxylation is 1. The summed E-state index contributed by atoms with van der Waals surface area (Å²) in [6.07, 6.45) is 1.56. The Morgan fingerprint density at radius 1 is 1.60 bits per heavy atom. The number of methoxy groups -OCH3 is 1. The van der Waals surface area contributed by atoms with Gasteiger partial charge in [0.2, 0.25) is 0 Å². The molecule has 0 fully saturated rings. The smallest absolute Gasteiger partial charge is 0.358 e. The number of hydrogen-bond acceptors (Lipinski definition) is 4. The van der Waals surface area contributed by atoms with E-state index in [9.17, 15) is 4.79 Å². The molecular formula is C9H9N3O3. The quantitative estimate of drug-likeness (QED) is 0.786. The highest BCUT2D eigenvalue weighted by atomic mass is 16.5. The molecule has 6 nitrogen and oxygen atoms in total. The maximum Gasteiger partial charge on any atom is 0.358 e. The molecule has 2 heterocycles. The molecule has 2 aromatic heterocycles. The van der Waals surface area contributed by atoms with Gasteiger partial charge in [-0.15, -0.1) is 0 Å². The Morgan fingerprint density at radius 3 is 2.93 bits per heavy atom. The minimum absolute atomic E-state index is 0.0944. The molecule has 0 saturated heterocycles. The fourth-order valence-corrected chi connectivity index (χ4v) is 1.46. The van der Waals surface area contributed by atoms with Crippen LogP contribution in [0.1, 0.15) is 16.2 Å². The van der Waals surface area contributed by atoms with Gasteiger partial charge >= 0.3 is 5.97 Å². The van der Waals surface area contributed by atoms with Gasteiger partial charge in [0.25, 0.3) is 0 Å². The van der Waals surface area contributed by atoms with Gasteiger partial charge in [-0.3, -0.25) is 0 Å². The highest BCUT2D eigenvalue weighted by Crippen LogP contribution is 2.22. The van der Waals surface area contributed by atoms with E-state index in [1.165, 1.54) is 11.6 Å². The maximum atomic E-state index is 10.9. The van der Waals surface area contributed by atoms with Crippen molar-refractivity contribution in [1.29, 1.82) is 0 Å². The van der Waals surface area contributed by atoms with Crippen LogP contribution in [0.15, 0.2) is 12.3 Å². The summed E-state index contributed by atoms with van der Waals surface area (Å²) in [5.41, 5.74) is 1.01. The second-order valence-electron chi connectivity index (χ2n) is 2.99. The predicted octanol–water partition coefficient (Wildman–Crippen LogP) is 0.745. The third kappa shape index (κ3) is 1.30. The first-order valence-corrected chi connectivity index (χ1v) is 4.26. The van der Waals surface area contributed by atoms with E-state index in [-0.39, 0.29) is 11.4 Å². The van der Waals surface area contributed by atoms with Crippen molar-refractivity contribution in [1.82, 2.24) is 14.6 Å². The summed E-state index contributed by atoms with van der Waals surface area (Å²) in [5, 5.41) is 13.0. The van der Waals surface area contributed by atoms with Gasteiger partial charge in [-0.05, 0) is 6.92 Å². The van der Waals surface area contributed by atoms with E-state index in [0.717, 1.165) is 0 Å². The molecule has 0 amide bonds. The number of carbonyl (C=O) groups is 1. The van der Waals surface area contributed by atoms with E-state index in [4.69, 9.17) is 9.84 Å². The van der Waals surface area contributed by atoms with Gasteiger partial charge in [-0.25, -0.2) is 14.3 Å². The van der Waals surface area contributed by atoms with Crippen molar-refractivity contribution < 1.29 is 14.6 Å². The number of ether oxygens (including phenoxy) is 1. The Hall–Kier alpha value is -2.11. The van der Waals surface area contributed by atoms with Gasteiger partial charge in [-0.2, -0.15) is 5.10 Å². The zero-order valence-electron chi connectivity index (χ0n) is 8.26. The van der Waals surface area contributed by atoms with E-state index in [2.05, 4.69) is 10.1 Å². The number of aromatic carboxylic acids is 1. The third-order valence-electron chi connectivity index (χ3n) is 2.12. The fourth-order valence-electron chi connectivity index (χ4n) is 1.46. The molecule has 15 heavy (non-hydrogen) atoms. The standard InChI is InChI=1S/C9H9N3O3/c1-5-8(15-2)7(9(13)14)11-6-3-4-10-12(5)6/h3-4H,1-2H3,(H,13,14). The molecule has 0 unspecified atom stereocenters. The molecule has 0 aromatic carbocycles. The van der Waals surface area contributed by atoms with Crippen LogP contribution in [-0.4, -0.2) is 32.8 Å². The van der Waals surface area contributed by atoms with Gasteiger partial charge in [0, 0.05) is 6.07 Å². The van der Waals surface area contributed by atoms with Gasteiger partial charge in [0.15, 0.2) is 17.1 Å². The normalized spacial score (nSPS) is 10.5. The number of hydrogen-bond donors (Lipinski definition) is 1. The summed E-state index contributed by atoms with van der Waals surface area (Å²) in [5.74, 6) is -0.877. The van der Waals surface area contributed by atoms with Gasteiger partial charge in [0.05, 0.1) is 19.0 Å². The second-order valence-corrected chi connectivity index (χ2v) is 2.99. The Labute approximate surface area is 85.1 Å². The number of fused-ring (bicyclic) bond motifs is 1. The number of aromatic nitrogens is 3. The summed E-state index contributed by atoms with van der Waals surface area (Å²) in [4.78, 5) is 14.9. The number of carboxylic acids is 1. The van der Waals surface area contributed by atoms with Crippen LogP contribution in [0.2, 0.25) is 0 Å². The van der Waals surface area contributed by atoms with Crippen LogP contribution in [0.4, 0.5) is 0 Å². The molecule has 0 saturated carbocycles. The SMILES string of the molecule is COc1c(C(=O)O)nc2ccnn2c1C. The van der Waals surface area contributed by atoms with E-state index in [1.54, 1.807) is 19.2 Å². The van der Waals surface area contributed by atoms with Gasteiger partial charge in [-0.1, -0.05) is 0 Å². The molecule has 2 rings (SSSR count). The van der Waals surface area contributed by atoms with Crippen LogP contribution >= 0.6 is 0 Å². The molecule has 0 aliphatic heterocycles. The molecule has 0 radical (unpaired) electrons. The van der Waals surface area contributed by atoms with Crippen LogP contribution < -0.4 is 4.74 Å². The lowest BCUT2D eigenvalue weighted by atomic mass is 10.3. The number of rotatable bonds is 2. The first-order valence-electron chi connectivity index (χ1n) is 4.26. The second kappa shape index (κ2) is 3.23.